The highest BCUT2D eigenvalue weighted by Crippen LogP contribution is 2.41. The molecule has 1 aliphatic heterocycles. The molecule has 0 saturated carbocycles. The molecule has 0 aliphatic carbocycles. The van der Waals surface area contributed by atoms with Crippen LogP contribution in [0.1, 0.15) is 53.3 Å². The largest absolute Gasteiger partial charge is 0.478 e. The maximum absolute atomic E-state index is 13.7. The summed E-state index contributed by atoms with van der Waals surface area (Å²) in [6, 6.07) is 10.1. The molecule has 2 atom stereocenters. The second-order valence-electron chi connectivity index (χ2n) is 9.63. The van der Waals surface area contributed by atoms with E-state index in [0.717, 1.165) is 24.3 Å². The fourth-order valence-electron chi connectivity index (χ4n) is 4.75. The summed E-state index contributed by atoms with van der Waals surface area (Å²) in [7, 11) is 0. The number of aryl methyl sites for hydroxylation is 1. The molecule has 0 aromatic heterocycles. The number of amides is 1. The number of benzene rings is 3. The molecule has 1 saturated heterocycles. The summed E-state index contributed by atoms with van der Waals surface area (Å²) in [5, 5.41) is 8.27. The van der Waals surface area contributed by atoms with Gasteiger partial charge in [-0.25, -0.2) is 4.79 Å². The Morgan fingerprint density at radius 1 is 0.976 bits per heavy atom. The molecule has 1 amide bonds. The Morgan fingerprint density at radius 3 is 2.29 bits per heavy atom. The number of nitrogens with zero attached hydrogens (tertiary/aromatic N) is 1. The van der Waals surface area contributed by atoms with Crippen molar-refractivity contribution in [2.24, 2.45) is 0 Å². The van der Waals surface area contributed by atoms with Gasteiger partial charge in [0, 0.05) is 16.1 Å². The lowest BCUT2D eigenvalue weighted by atomic mass is 9.94. The van der Waals surface area contributed by atoms with Crippen molar-refractivity contribution in [3.63, 3.8) is 0 Å². The molecule has 1 N–H and O–H groups in total. The van der Waals surface area contributed by atoms with E-state index in [4.69, 9.17) is 26.5 Å². The molecule has 12 heteroatoms. The van der Waals surface area contributed by atoms with Crippen LogP contribution in [-0.4, -0.2) is 29.5 Å². The van der Waals surface area contributed by atoms with Gasteiger partial charge in [-0.05, 0) is 79.9 Å². The lowest BCUT2D eigenvalue weighted by molar-refractivity contribution is -0.138. The van der Waals surface area contributed by atoms with Crippen LogP contribution in [0.4, 0.5) is 31.1 Å². The first-order valence-electron chi connectivity index (χ1n) is 12.5. The maximum atomic E-state index is 13.7. The number of nitrogens with one attached hydrogen (secondary N) is 1. The van der Waals surface area contributed by atoms with Crippen molar-refractivity contribution in [3.05, 3.63) is 93.0 Å². The van der Waals surface area contributed by atoms with Crippen LogP contribution >= 0.6 is 11.6 Å². The third kappa shape index (κ3) is 6.45. The molecule has 0 bridgehead atoms. The molecule has 0 unspecified atom stereocenters. The number of hydrogen-bond acceptors (Lipinski definition) is 4. The van der Waals surface area contributed by atoms with Crippen molar-refractivity contribution < 1.29 is 40.6 Å². The van der Waals surface area contributed by atoms with E-state index < -0.39 is 41.7 Å². The lowest BCUT2D eigenvalue weighted by Gasteiger charge is -2.24. The van der Waals surface area contributed by atoms with Crippen molar-refractivity contribution in [1.29, 1.82) is 5.41 Å². The van der Waals surface area contributed by atoms with Crippen LogP contribution in [-0.2, 0) is 28.4 Å². The summed E-state index contributed by atoms with van der Waals surface area (Å²) in [5.41, 5.74) is -0.441. The van der Waals surface area contributed by atoms with Gasteiger partial charge in [-0.2, -0.15) is 26.3 Å². The average molecular weight is 599 g/mol. The van der Waals surface area contributed by atoms with E-state index in [9.17, 15) is 31.1 Å². The topological polar surface area (TPSA) is 62.6 Å². The van der Waals surface area contributed by atoms with Crippen molar-refractivity contribution in [2.75, 3.05) is 6.61 Å². The van der Waals surface area contributed by atoms with Crippen molar-refractivity contribution >= 4 is 23.6 Å². The number of ether oxygens (including phenoxy) is 2. The summed E-state index contributed by atoms with van der Waals surface area (Å²) in [5.74, 6) is -0.158. The minimum Gasteiger partial charge on any atom is -0.478 e. The smallest absolute Gasteiger partial charge is 0.416 e. The summed E-state index contributed by atoms with van der Waals surface area (Å²) in [4.78, 5) is 14.1. The Labute approximate surface area is 237 Å². The minimum absolute atomic E-state index is 0.0755. The normalized spacial score (nSPS) is 17.5. The van der Waals surface area contributed by atoms with Crippen LogP contribution in [0, 0.1) is 12.3 Å². The van der Waals surface area contributed by atoms with E-state index in [1.807, 2.05) is 0 Å². The van der Waals surface area contributed by atoms with Crippen molar-refractivity contribution in [3.8, 4) is 11.1 Å². The Hall–Kier alpha value is -3.73. The van der Waals surface area contributed by atoms with Crippen LogP contribution in [0.15, 0.2) is 54.6 Å². The SMILES string of the molecule is CCOC(=N)c1ccc(Cl)c(-c2ccc(C(F)(F)F)cc2CN2C(=O)O[C@H](c3cc(C)cc(C(F)(F)F)c3)[C@@H]2C)c1. The van der Waals surface area contributed by atoms with Crippen LogP contribution in [0.3, 0.4) is 0 Å². The first-order valence-corrected chi connectivity index (χ1v) is 12.9. The number of carbonyl (C=O) groups excluding carboxylic acids is 1. The van der Waals surface area contributed by atoms with Crippen LogP contribution in [0.5, 0.6) is 0 Å². The van der Waals surface area contributed by atoms with Gasteiger partial charge >= 0.3 is 18.4 Å². The number of halogens is 7. The van der Waals surface area contributed by atoms with E-state index in [-0.39, 0.29) is 40.8 Å². The van der Waals surface area contributed by atoms with Gasteiger partial charge in [0.25, 0.3) is 0 Å². The van der Waals surface area contributed by atoms with Gasteiger partial charge in [-0.1, -0.05) is 29.3 Å². The Bertz CT molecular complexity index is 1490. The molecule has 0 radical (unpaired) electrons. The summed E-state index contributed by atoms with van der Waals surface area (Å²) >= 11 is 6.43. The van der Waals surface area contributed by atoms with E-state index >= 15 is 0 Å². The van der Waals surface area contributed by atoms with Crippen LogP contribution < -0.4 is 0 Å². The van der Waals surface area contributed by atoms with E-state index in [1.165, 1.54) is 42.2 Å². The average Bonchev–Trinajstić information content (AvgIpc) is 3.16. The zero-order chi connectivity index (χ0) is 30.3. The molecule has 3 aromatic rings. The fraction of sp³-hybridized carbons (Fsp3) is 0.310. The predicted octanol–water partition coefficient (Wildman–Crippen LogP) is 8.80. The van der Waals surface area contributed by atoms with E-state index in [1.54, 1.807) is 13.8 Å². The first kappa shape index (κ1) is 30.2. The highest BCUT2D eigenvalue weighted by atomic mass is 35.5. The molecule has 3 aromatic carbocycles. The molecular weight excluding hydrogens is 574 g/mol. The van der Waals surface area contributed by atoms with Crippen LogP contribution in [0.2, 0.25) is 5.02 Å². The van der Waals surface area contributed by atoms with Gasteiger partial charge in [-0.15, -0.1) is 0 Å². The lowest BCUT2D eigenvalue weighted by Crippen LogP contribution is -2.31. The van der Waals surface area contributed by atoms with E-state index in [2.05, 4.69) is 0 Å². The van der Waals surface area contributed by atoms with Crippen LogP contribution in [0.25, 0.3) is 11.1 Å². The number of carbonyl (C=O) groups is 1. The molecule has 0 spiro atoms. The number of rotatable bonds is 6. The predicted molar refractivity (Wildman–Crippen MR) is 141 cm³/mol. The Kier molecular flexibility index (Phi) is 8.31. The van der Waals surface area contributed by atoms with E-state index in [0.29, 0.717) is 16.7 Å². The molecule has 41 heavy (non-hydrogen) atoms. The number of alkyl halides is 6. The molecule has 1 heterocycles. The maximum Gasteiger partial charge on any atom is 0.416 e. The second kappa shape index (κ2) is 11.3. The molecule has 4 rings (SSSR count). The first-order chi connectivity index (χ1) is 19.1. The molecule has 5 nitrogen and oxygen atoms in total. The Balaban J connectivity index is 1.75. The number of cyclic esters (lactones) is 1. The van der Waals surface area contributed by atoms with Gasteiger partial charge < -0.3 is 9.47 Å². The standard InChI is InChI=1S/C29H25ClF6N2O3/c1-4-40-26(37)17-5-8-24(30)23(13-17)22-7-6-20(28(31,32)33)12-19(22)14-38-16(3)25(41-27(38)39)18-9-15(2)10-21(11-18)29(34,35)36/h5-13,16,25,37H,4,14H2,1-3H3/t16-,25-/m0/s1. The molecule has 1 fully saturated rings. The van der Waals surface area contributed by atoms with Gasteiger partial charge in [0.1, 0.15) is 6.10 Å². The minimum atomic E-state index is -4.69. The van der Waals surface area contributed by atoms with Gasteiger partial charge in [0.05, 0.1) is 30.3 Å². The second-order valence-corrected chi connectivity index (χ2v) is 10.0. The Morgan fingerprint density at radius 2 is 1.66 bits per heavy atom. The zero-order valence-electron chi connectivity index (χ0n) is 22.1. The summed E-state index contributed by atoms with van der Waals surface area (Å²) < 4.78 is 92.0. The van der Waals surface area contributed by atoms with Gasteiger partial charge in [0.15, 0.2) is 0 Å². The molecule has 218 valence electrons. The van der Waals surface area contributed by atoms with Crippen molar-refractivity contribution in [2.45, 2.75) is 51.8 Å². The van der Waals surface area contributed by atoms with Gasteiger partial charge in [-0.3, -0.25) is 10.3 Å². The zero-order valence-corrected chi connectivity index (χ0v) is 22.8. The monoisotopic (exact) mass is 598 g/mol. The summed E-state index contributed by atoms with van der Waals surface area (Å²) in [6.45, 7) is 4.61. The fourth-order valence-corrected chi connectivity index (χ4v) is 4.97. The highest BCUT2D eigenvalue weighted by Gasteiger charge is 2.42. The third-order valence-corrected chi connectivity index (χ3v) is 7.06. The number of hydrogen-bond donors (Lipinski definition) is 1. The quantitative estimate of drug-likeness (QED) is 0.175. The van der Waals surface area contributed by atoms with Crippen molar-refractivity contribution in [1.82, 2.24) is 4.90 Å². The third-order valence-electron chi connectivity index (χ3n) is 6.73. The highest BCUT2D eigenvalue weighted by molar-refractivity contribution is 6.33. The molecule has 1 aliphatic rings. The molecular formula is C29H25ClF6N2O3. The van der Waals surface area contributed by atoms with Gasteiger partial charge in [0.2, 0.25) is 5.90 Å². The summed E-state index contributed by atoms with van der Waals surface area (Å²) in [6.07, 6.45) is -11.3.